The average molecular weight is 234 g/mol. The van der Waals surface area contributed by atoms with E-state index in [-0.39, 0.29) is 11.9 Å². The summed E-state index contributed by atoms with van der Waals surface area (Å²) in [7, 11) is 1.82. The number of benzene rings is 1. The van der Waals surface area contributed by atoms with Crippen molar-refractivity contribution in [1.29, 1.82) is 0 Å². The lowest BCUT2D eigenvalue weighted by Gasteiger charge is -2.04. The summed E-state index contributed by atoms with van der Waals surface area (Å²) in [5.74, 6) is 0.724. The van der Waals surface area contributed by atoms with Crippen molar-refractivity contribution in [3.8, 4) is 11.3 Å². The standard InChI is InChI=1S/C13H15FN2O/c1-8-4-5-11(14)10(6-8)12-7-16-13(17-12)9(2)15-3/h4-7,9,15H,1-3H3. The first-order valence-corrected chi connectivity index (χ1v) is 5.51. The number of nitrogens with one attached hydrogen (secondary N) is 1. The Balaban J connectivity index is 2.40. The minimum absolute atomic E-state index is 0.0108. The van der Waals surface area contributed by atoms with Crippen LogP contribution in [0.1, 0.15) is 24.4 Å². The van der Waals surface area contributed by atoms with Gasteiger partial charge in [-0.2, -0.15) is 0 Å². The number of aryl methyl sites for hydroxylation is 1. The van der Waals surface area contributed by atoms with E-state index in [9.17, 15) is 4.39 Å². The van der Waals surface area contributed by atoms with Crippen LogP contribution in [0.5, 0.6) is 0 Å². The van der Waals surface area contributed by atoms with E-state index in [0.29, 0.717) is 17.2 Å². The molecule has 0 saturated heterocycles. The molecule has 1 N–H and O–H groups in total. The second-order valence-electron chi connectivity index (χ2n) is 4.06. The van der Waals surface area contributed by atoms with Gasteiger partial charge in [0.15, 0.2) is 5.76 Å². The van der Waals surface area contributed by atoms with E-state index < -0.39 is 0 Å². The summed E-state index contributed by atoms with van der Waals surface area (Å²) < 4.78 is 19.2. The molecule has 0 fully saturated rings. The molecule has 1 unspecified atom stereocenters. The van der Waals surface area contributed by atoms with E-state index in [0.717, 1.165) is 5.56 Å². The molecule has 90 valence electrons. The van der Waals surface area contributed by atoms with Crippen LogP contribution in [0.2, 0.25) is 0 Å². The van der Waals surface area contributed by atoms with Gasteiger partial charge in [0.2, 0.25) is 5.89 Å². The molecule has 2 aromatic rings. The lowest BCUT2D eigenvalue weighted by Crippen LogP contribution is -2.12. The van der Waals surface area contributed by atoms with Crippen LogP contribution in [0.3, 0.4) is 0 Å². The Morgan fingerprint density at radius 3 is 2.88 bits per heavy atom. The van der Waals surface area contributed by atoms with Gasteiger partial charge in [0.1, 0.15) is 5.82 Å². The second-order valence-corrected chi connectivity index (χ2v) is 4.06. The number of hydrogen-bond acceptors (Lipinski definition) is 3. The van der Waals surface area contributed by atoms with Gasteiger partial charge in [-0.05, 0) is 33.0 Å². The third kappa shape index (κ3) is 2.36. The zero-order chi connectivity index (χ0) is 12.4. The monoisotopic (exact) mass is 234 g/mol. The molecule has 3 nitrogen and oxygen atoms in total. The van der Waals surface area contributed by atoms with Gasteiger partial charge < -0.3 is 9.73 Å². The van der Waals surface area contributed by atoms with Gasteiger partial charge in [-0.3, -0.25) is 0 Å². The Kier molecular flexibility index (Phi) is 3.24. The van der Waals surface area contributed by atoms with Crippen molar-refractivity contribution in [3.63, 3.8) is 0 Å². The molecule has 4 heteroatoms. The van der Waals surface area contributed by atoms with Crippen molar-refractivity contribution in [2.24, 2.45) is 0 Å². The molecule has 0 saturated carbocycles. The number of halogens is 1. The van der Waals surface area contributed by atoms with Gasteiger partial charge in [-0.1, -0.05) is 11.6 Å². The zero-order valence-corrected chi connectivity index (χ0v) is 10.1. The number of nitrogens with zero attached hydrogens (tertiary/aromatic N) is 1. The summed E-state index contributed by atoms with van der Waals surface area (Å²) >= 11 is 0. The maximum Gasteiger partial charge on any atom is 0.211 e. The van der Waals surface area contributed by atoms with Crippen LogP contribution in [0.4, 0.5) is 4.39 Å². The molecule has 0 amide bonds. The van der Waals surface area contributed by atoms with Crippen LogP contribution < -0.4 is 5.32 Å². The smallest absolute Gasteiger partial charge is 0.211 e. The van der Waals surface area contributed by atoms with E-state index in [1.165, 1.54) is 6.07 Å². The second kappa shape index (κ2) is 4.67. The highest BCUT2D eigenvalue weighted by Crippen LogP contribution is 2.26. The summed E-state index contributed by atoms with van der Waals surface area (Å²) in [6.45, 7) is 3.85. The number of aromatic nitrogens is 1. The molecule has 17 heavy (non-hydrogen) atoms. The Morgan fingerprint density at radius 2 is 2.18 bits per heavy atom. The first kappa shape index (κ1) is 11.8. The Labute approximate surface area is 99.7 Å². The highest BCUT2D eigenvalue weighted by atomic mass is 19.1. The third-order valence-corrected chi connectivity index (χ3v) is 2.71. The Morgan fingerprint density at radius 1 is 1.41 bits per heavy atom. The molecule has 1 aromatic heterocycles. The lowest BCUT2D eigenvalue weighted by atomic mass is 10.1. The van der Waals surface area contributed by atoms with Crippen molar-refractivity contribution in [2.75, 3.05) is 7.05 Å². The molecule has 1 aromatic carbocycles. The molecular weight excluding hydrogens is 219 g/mol. The predicted molar refractivity (Wildman–Crippen MR) is 64.1 cm³/mol. The van der Waals surface area contributed by atoms with Gasteiger partial charge in [0, 0.05) is 0 Å². The van der Waals surface area contributed by atoms with Crippen LogP contribution in [-0.4, -0.2) is 12.0 Å². The molecule has 0 bridgehead atoms. The van der Waals surface area contributed by atoms with E-state index >= 15 is 0 Å². The maximum absolute atomic E-state index is 13.6. The fraction of sp³-hybridized carbons (Fsp3) is 0.308. The van der Waals surface area contributed by atoms with Crippen molar-refractivity contribution in [1.82, 2.24) is 10.3 Å². The van der Waals surface area contributed by atoms with Crippen LogP contribution in [0, 0.1) is 12.7 Å². The topological polar surface area (TPSA) is 38.1 Å². The minimum atomic E-state index is -0.296. The van der Waals surface area contributed by atoms with E-state index in [4.69, 9.17) is 4.42 Å². The first-order chi connectivity index (χ1) is 8.11. The largest absolute Gasteiger partial charge is 0.439 e. The fourth-order valence-electron chi connectivity index (χ4n) is 1.56. The predicted octanol–water partition coefficient (Wildman–Crippen LogP) is 3.07. The van der Waals surface area contributed by atoms with Gasteiger partial charge in [0.25, 0.3) is 0 Å². The molecular formula is C13H15FN2O. The summed E-state index contributed by atoms with van der Waals surface area (Å²) in [5.41, 5.74) is 1.44. The molecule has 0 aliphatic rings. The van der Waals surface area contributed by atoms with E-state index in [1.54, 1.807) is 18.3 Å². The van der Waals surface area contributed by atoms with E-state index in [1.807, 2.05) is 20.9 Å². The molecule has 0 radical (unpaired) electrons. The maximum atomic E-state index is 13.6. The summed E-state index contributed by atoms with van der Waals surface area (Å²) in [4.78, 5) is 4.14. The van der Waals surface area contributed by atoms with Crippen LogP contribution in [0.25, 0.3) is 11.3 Å². The quantitative estimate of drug-likeness (QED) is 0.886. The fourth-order valence-corrected chi connectivity index (χ4v) is 1.56. The van der Waals surface area contributed by atoms with Gasteiger partial charge >= 0.3 is 0 Å². The normalized spacial score (nSPS) is 12.7. The van der Waals surface area contributed by atoms with Crippen molar-refractivity contribution in [2.45, 2.75) is 19.9 Å². The van der Waals surface area contributed by atoms with Crippen molar-refractivity contribution < 1.29 is 8.81 Å². The summed E-state index contributed by atoms with van der Waals surface area (Å²) in [5, 5.41) is 3.02. The van der Waals surface area contributed by atoms with Crippen LogP contribution in [-0.2, 0) is 0 Å². The number of oxazole rings is 1. The SMILES string of the molecule is CNC(C)c1ncc(-c2cc(C)ccc2F)o1. The molecule has 2 rings (SSSR count). The number of hydrogen-bond donors (Lipinski definition) is 1. The molecule has 0 aliphatic carbocycles. The summed E-state index contributed by atoms with van der Waals surface area (Å²) in [6, 6.07) is 4.93. The van der Waals surface area contributed by atoms with Gasteiger partial charge in [0.05, 0.1) is 17.8 Å². The summed E-state index contributed by atoms with van der Waals surface area (Å²) in [6.07, 6.45) is 1.56. The van der Waals surface area contributed by atoms with Gasteiger partial charge in [-0.25, -0.2) is 9.37 Å². The minimum Gasteiger partial charge on any atom is -0.439 e. The highest BCUT2D eigenvalue weighted by molar-refractivity contribution is 5.58. The van der Waals surface area contributed by atoms with Crippen LogP contribution in [0.15, 0.2) is 28.8 Å². The van der Waals surface area contributed by atoms with Crippen LogP contribution >= 0.6 is 0 Å². The highest BCUT2D eigenvalue weighted by Gasteiger charge is 2.14. The molecule has 0 aliphatic heterocycles. The van der Waals surface area contributed by atoms with Crippen molar-refractivity contribution >= 4 is 0 Å². The van der Waals surface area contributed by atoms with E-state index in [2.05, 4.69) is 10.3 Å². The number of rotatable bonds is 3. The van der Waals surface area contributed by atoms with Crippen molar-refractivity contribution in [3.05, 3.63) is 41.7 Å². The van der Waals surface area contributed by atoms with Gasteiger partial charge in [-0.15, -0.1) is 0 Å². The zero-order valence-electron chi connectivity index (χ0n) is 10.1. The Bertz CT molecular complexity index is 522. The molecule has 0 spiro atoms. The Hall–Kier alpha value is -1.68. The average Bonchev–Trinajstić information content (AvgIpc) is 2.80. The molecule has 1 atom stereocenters. The third-order valence-electron chi connectivity index (χ3n) is 2.71. The lowest BCUT2D eigenvalue weighted by molar-refractivity contribution is 0.440. The first-order valence-electron chi connectivity index (χ1n) is 5.51. The molecule has 1 heterocycles.